The molecule has 0 unspecified atom stereocenters. The van der Waals surface area contributed by atoms with E-state index in [0.717, 1.165) is 21.9 Å². The Labute approximate surface area is 124 Å². The number of aromatic nitrogens is 2. The molecule has 1 aromatic carbocycles. The second-order valence-corrected chi connectivity index (χ2v) is 4.86. The average Bonchev–Trinajstić information content (AvgIpc) is 2.92. The van der Waals surface area contributed by atoms with E-state index in [-0.39, 0.29) is 0 Å². The molecule has 2 rings (SSSR count). The number of nitrogens with zero attached hydrogens (tertiary/aromatic N) is 2. The van der Waals surface area contributed by atoms with Crippen LogP contribution in [0.25, 0.3) is 6.08 Å². The van der Waals surface area contributed by atoms with Gasteiger partial charge >= 0.3 is 5.97 Å². The molecule has 0 saturated carbocycles. The van der Waals surface area contributed by atoms with Gasteiger partial charge in [0.05, 0.1) is 17.3 Å². The van der Waals surface area contributed by atoms with Gasteiger partial charge in [-0.15, -0.1) is 0 Å². The first kappa shape index (κ1) is 14.3. The summed E-state index contributed by atoms with van der Waals surface area (Å²) in [5, 5.41) is 8.57. The molecule has 0 fully saturated rings. The summed E-state index contributed by atoms with van der Waals surface area (Å²) in [6, 6.07) is 5.42. The Morgan fingerprint density at radius 1 is 1.50 bits per heavy atom. The number of benzene rings is 1. The smallest absolute Gasteiger partial charge is 0.328 e. The summed E-state index contributed by atoms with van der Waals surface area (Å²) in [6.07, 6.45) is 7.96. The summed E-state index contributed by atoms with van der Waals surface area (Å²) >= 11 is 3.41. The van der Waals surface area contributed by atoms with Crippen molar-refractivity contribution >= 4 is 28.0 Å². The molecule has 0 aliphatic rings. The standard InChI is InChI=1S/C14H13BrN2O3/c15-12-9-11(2-4-14(18)19)1-3-13(12)20-8-7-17-6-5-16-10-17/h1-6,9-10H,7-8H2,(H,18,19). The van der Waals surface area contributed by atoms with E-state index in [9.17, 15) is 4.79 Å². The molecular weight excluding hydrogens is 324 g/mol. The molecular formula is C14H13BrN2O3. The number of rotatable bonds is 6. The quantitative estimate of drug-likeness (QED) is 0.824. The largest absolute Gasteiger partial charge is 0.491 e. The molecule has 1 N–H and O–H groups in total. The number of carbonyl (C=O) groups is 1. The molecule has 5 nitrogen and oxygen atoms in total. The third kappa shape index (κ3) is 4.24. The van der Waals surface area contributed by atoms with Crippen LogP contribution in [-0.4, -0.2) is 27.2 Å². The Bertz CT molecular complexity index is 609. The number of imidazole rings is 1. The van der Waals surface area contributed by atoms with E-state index in [1.165, 1.54) is 6.08 Å². The topological polar surface area (TPSA) is 64.3 Å². The highest BCUT2D eigenvalue weighted by molar-refractivity contribution is 9.10. The number of carboxylic acids is 1. The predicted molar refractivity (Wildman–Crippen MR) is 78.5 cm³/mol. The third-order valence-electron chi connectivity index (χ3n) is 2.54. The Morgan fingerprint density at radius 3 is 3.00 bits per heavy atom. The minimum Gasteiger partial charge on any atom is -0.491 e. The lowest BCUT2D eigenvalue weighted by Gasteiger charge is -2.09. The molecule has 2 aromatic rings. The van der Waals surface area contributed by atoms with Crippen molar-refractivity contribution in [2.24, 2.45) is 0 Å². The molecule has 0 atom stereocenters. The van der Waals surface area contributed by atoms with Crippen LogP contribution < -0.4 is 4.74 Å². The highest BCUT2D eigenvalue weighted by Gasteiger charge is 2.02. The summed E-state index contributed by atoms with van der Waals surface area (Å²) in [5.74, 6) is -0.251. The van der Waals surface area contributed by atoms with Crippen LogP contribution in [0.1, 0.15) is 5.56 Å². The van der Waals surface area contributed by atoms with E-state index in [1.807, 2.05) is 16.8 Å². The molecule has 1 heterocycles. The first-order valence-electron chi connectivity index (χ1n) is 5.94. The van der Waals surface area contributed by atoms with Gasteiger partial charge in [0.2, 0.25) is 0 Å². The lowest BCUT2D eigenvalue weighted by Crippen LogP contribution is -2.06. The zero-order valence-corrected chi connectivity index (χ0v) is 12.2. The van der Waals surface area contributed by atoms with Crippen LogP contribution in [0.4, 0.5) is 0 Å². The van der Waals surface area contributed by atoms with Gasteiger partial charge in [0.1, 0.15) is 12.4 Å². The minimum atomic E-state index is -0.971. The van der Waals surface area contributed by atoms with Crippen LogP contribution in [0.3, 0.4) is 0 Å². The highest BCUT2D eigenvalue weighted by atomic mass is 79.9. The lowest BCUT2D eigenvalue weighted by molar-refractivity contribution is -0.131. The number of ether oxygens (including phenoxy) is 1. The Balaban J connectivity index is 1.93. The van der Waals surface area contributed by atoms with Gasteiger partial charge in [0.15, 0.2) is 0 Å². The first-order valence-corrected chi connectivity index (χ1v) is 6.73. The maximum Gasteiger partial charge on any atom is 0.328 e. The average molecular weight is 337 g/mol. The van der Waals surface area contributed by atoms with Crippen molar-refractivity contribution in [3.8, 4) is 5.75 Å². The molecule has 104 valence electrons. The number of carboxylic acid groups (broad SMARTS) is 1. The SMILES string of the molecule is O=C(O)C=Cc1ccc(OCCn2ccnc2)c(Br)c1. The molecule has 0 saturated heterocycles. The summed E-state index contributed by atoms with van der Waals surface area (Å²) in [5.41, 5.74) is 0.793. The fourth-order valence-corrected chi connectivity index (χ4v) is 2.10. The molecule has 0 spiro atoms. The van der Waals surface area contributed by atoms with Crippen LogP contribution in [-0.2, 0) is 11.3 Å². The van der Waals surface area contributed by atoms with Gasteiger partial charge in [-0.2, -0.15) is 0 Å². The number of hydrogen-bond acceptors (Lipinski definition) is 3. The highest BCUT2D eigenvalue weighted by Crippen LogP contribution is 2.26. The monoisotopic (exact) mass is 336 g/mol. The minimum absolute atomic E-state index is 0.527. The van der Waals surface area contributed by atoms with Gasteiger partial charge in [0, 0.05) is 18.5 Å². The molecule has 0 aliphatic carbocycles. The molecule has 20 heavy (non-hydrogen) atoms. The van der Waals surface area contributed by atoms with Gasteiger partial charge in [-0.1, -0.05) is 6.07 Å². The van der Waals surface area contributed by atoms with Crippen LogP contribution in [0, 0.1) is 0 Å². The fraction of sp³-hybridized carbons (Fsp3) is 0.143. The number of halogens is 1. The molecule has 0 amide bonds. The number of aliphatic carboxylic acids is 1. The van der Waals surface area contributed by atoms with E-state index >= 15 is 0 Å². The van der Waals surface area contributed by atoms with Crippen molar-refractivity contribution in [1.82, 2.24) is 9.55 Å². The first-order chi connectivity index (χ1) is 9.65. The Morgan fingerprint density at radius 2 is 2.35 bits per heavy atom. The van der Waals surface area contributed by atoms with Gasteiger partial charge in [-0.05, 0) is 39.7 Å². The third-order valence-corrected chi connectivity index (χ3v) is 3.16. The molecule has 0 radical (unpaired) electrons. The summed E-state index contributed by atoms with van der Waals surface area (Å²) in [7, 11) is 0. The van der Waals surface area contributed by atoms with Gasteiger partial charge in [0.25, 0.3) is 0 Å². The summed E-state index contributed by atoms with van der Waals surface area (Å²) < 4.78 is 8.37. The van der Waals surface area contributed by atoms with E-state index in [0.29, 0.717) is 13.2 Å². The van der Waals surface area contributed by atoms with Crippen LogP contribution in [0.15, 0.2) is 47.5 Å². The normalized spacial score (nSPS) is 10.8. The molecule has 6 heteroatoms. The zero-order valence-electron chi connectivity index (χ0n) is 10.6. The van der Waals surface area contributed by atoms with Crippen LogP contribution in [0.2, 0.25) is 0 Å². The Kier molecular flexibility index (Phi) is 4.95. The van der Waals surface area contributed by atoms with Crippen molar-refractivity contribution < 1.29 is 14.6 Å². The Hall–Kier alpha value is -2.08. The molecule has 0 bridgehead atoms. The molecule has 0 aliphatic heterocycles. The fourth-order valence-electron chi connectivity index (χ4n) is 1.59. The van der Waals surface area contributed by atoms with E-state index < -0.39 is 5.97 Å². The number of hydrogen-bond donors (Lipinski definition) is 1. The van der Waals surface area contributed by atoms with Crippen molar-refractivity contribution in [3.05, 3.63) is 53.0 Å². The summed E-state index contributed by atoms with van der Waals surface area (Å²) in [4.78, 5) is 14.4. The molecule has 1 aromatic heterocycles. The summed E-state index contributed by atoms with van der Waals surface area (Å²) in [6.45, 7) is 1.24. The van der Waals surface area contributed by atoms with Crippen molar-refractivity contribution in [3.63, 3.8) is 0 Å². The maximum atomic E-state index is 10.4. The van der Waals surface area contributed by atoms with Crippen molar-refractivity contribution in [2.75, 3.05) is 6.61 Å². The zero-order chi connectivity index (χ0) is 14.4. The second kappa shape index (κ2) is 6.91. The van der Waals surface area contributed by atoms with E-state index in [1.54, 1.807) is 24.7 Å². The van der Waals surface area contributed by atoms with E-state index in [4.69, 9.17) is 9.84 Å². The maximum absolute atomic E-state index is 10.4. The van der Waals surface area contributed by atoms with Gasteiger partial charge in [-0.3, -0.25) is 0 Å². The van der Waals surface area contributed by atoms with Gasteiger partial charge < -0.3 is 14.4 Å². The lowest BCUT2D eigenvalue weighted by atomic mass is 10.2. The van der Waals surface area contributed by atoms with Crippen LogP contribution in [0.5, 0.6) is 5.75 Å². The van der Waals surface area contributed by atoms with Crippen molar-refractivity contribution in [1.29, 1.82) is 0 Å². The van der Waals surface area contributed by atoms with Crippen LogP contribution >= 0.6 is 15.9 Å². The van der Waals surface area contributed by atoms with Crippen molar-refractivity contribution in [2.45, 2.75) is 6.54 Å². The predicted octanol–water partition coefficient (Wildman–Crippen LogP) is 2.82. The van der Waals surface area contributed by atoms with Gasteiger partial charge in [-0.25, -0.2) is 9.78 Å². The second-order valence-electron chi connectivity index (χ2n) is 4.01. The van der Waals surface area contributed by atoms with E-state index in [2.05, 4.69) is 20.9 Å².